The molecule has 1 atom stereocenters. The van der Waals surface area contributed by atoms with Gasteiger partial charge in [0.25, 0.3) is 0 Å². The third-order valence-corrected chi connectivity index (χ3v) is 9.63. The molecule has 0 radical (unpaired) electrons. The average molecular weight is 495 g/mol. The van der Waals surface area contributed by atoms with Crippen LogP contribution >= 0.6 is 0 Å². The minimum atomic E-state index is -0.584. The van der Waals surface area contributed by atoms with Crippen LogP contribution in [0.5, 0.6) is 0 Å². The number of rotatable bonds is 5. The van der Waals surface area contributed by atoms with E-state index in [1.165, 1.54) is 60.8 Å². The van der Waals surface area contributed by atoms with Crippen LogP contribution in [-0.2, 0) is 26.1 Å². The van der Waals surface area contributed by atoms with Gasteiger partial charge in [0, 0.05) is 6.61 Å². The highest BCUT2D eigenvalue weighted by Crippen LogP contribution is 2.61. The zero-order chi connectivity index (χ0) is 25.1. The molecule has 4 aliphatic carbocycles. The average Bonchev–Trinajstić information content (AvgIpc) is 2.88. The first-order valence-electron chi connectivity index (χ1n) is 13.8. The van der Waals surface area contributed by atoms with Crippen molar-refractivity contribution in [1.82, 2.24) is 0 Å². The smallest absolute Gasteiger partial charge is 0.324 e. The quantitative estimate of drug-likeness (QED) is 0.404. The number of hydrogen-bond acceptors (Lipinski definition) is 4. The minimum Gasteiger partial charge on any atom is -0.461 e. The lowest BCUT2D eigenvalue weighted by Gasteiger charge is -2.57. The van der Waals surface area contributed by atoms with Gasteiger partial charge in [0.05, 0.1) is 0 Å². The van der Waals surface area contributed by atoms with Gasteiger partial charge in [0.1, 0.15) is 11.7 Å². The van der Waals surface area contributed by atoms with Crippen LogP contribution in [0.4, 0.5) is 0 Å². The molecule has 1 unspecified atom stereocenters. The van der Waals surface area contributed by atoms with Crippen molar-refractivity contribution in [3.8, 4) is 11.1 Å². The van der Waals surface area contributed by atoms with Crippen molar-refractivity contribution in [2.45, 2.75) is 56.3 Å². The Bertz CT molecular complexity index is 1350. The molecule has 190 valence electrons. The van der Waals surface area contributed by atoms with Crippen LogP contribution in [0.2, 0.25) is 0 Å². The van der Waals surface area contributed by atoms with E-state index in [0.717, 1.165) is 40.5 Å². The van der Waals surface area contributed by atoms with Crippen molar-refractivity contribution < 1.29 is 19.4 Å². The second-order valence-corrected chi connectivity index (χ2v) is 12.0. The Kier molecular flexibility index (Phi) is 5.44. The maximum absolute atomic E-state index is 12.3. The first kappa shape index (κ1) is 23.0. The molecule has 4 bridgehead atoms. The zero-order valence-electron chi connectivity index (χ0n) is 21.2. The Morgan fingerprint density at radius 1 is 0.838 bits per heavy atom. The van der Waals surface area contributed by atoms with Crippen LogP contribution in [0.3, 0.4) is 0 Å². The van der Waals surface area contributed by atoms with Crippen LogP contribution < -0.4 is 0 Å². The number of carbonyl (C=O) groups excluding carboxylic acids is 1. The number of fused-ring (bicyclic) bond motifs is 1. The fourth-order valence-corrected chi connectivity index (χ4v) is 8.44. The molecular weight excluding hydrogens is 460 g/mol. The maximum Gasteiger partial charge on any atom is 0.324 e. The molecule has 4 heteroatoms. The number of ether oxygens (including phenoxy) is 2. The molecule has 1 heterocycles. The van der Waals surface area contributed by atoms with E-state index in [-0.39, 0.29) is 19.4 Å². The molecule has 5 fully saturated rings. The SMILES string of the molecule is C=C1OCOC(=O)C1c1ccc2cc(-c3ccc(CCO)c(C45CC6CC(CC(C6)C4)C5)c3)ccc2c1. The van der Waals surface area contributed by atoms with Crippen LogP contribution in [0.15, 0.2) is 66.9 Å². The van der Waals surface area contributed by atoms with Crippen molar-refractivity contribution >= 4 is 16.7 Å². The fourth-order valence-electron chi connectivity index (χ4n) is 8.44. The van der Waals surface area contributed by atoms with Crippen molar-refractivity contribution in [1.29, 1.82) is 0 Å². The van der Waals surface area contributed by atoms with Gasteiger partial charge >= 0.3 is 5.97 Å². The zero-order valence-corrected chi connectivity index (χ0v) is 21.2. The monoisotopic (exact) mass is 494 g/mol. The van der Waals surface area contributed by atoms with Gasteiger partial charge in [-0.15, -0.1) is 0 Å². The highest BCUT2D eigenvalue weighted by Gasteiger charge is 2.52. The molecule has 1 N–H and O–H groups in total. The molecule has 37 heavy (non-hydrogen) atoms. The summed E-state index contributed by atoms with van der Waals surface area (Å²) in [5.74, 6) is 2.19. The summed E-state index contributed by atoms with van der Waals surface area (Å²) >= 11 is 0. The molecule has 4 nitrogen and oxygen atoms in total. The summed E-state index contributed by atoms with van der Waals surface area (Å²) in [6.45, 7) is 4.05. The van der Waals surface area contributed by atoms with E-state index in [1.54, 1.807) is 0 Å². The van der Waals surface area contributed by atoms with E-state index < -0.39 is 5.92 Å². The summed E-state index contributed by atoms with van der Waals surface area (Å²) in [6.07, 6.45) is 8.98. The van der Waals surface area contributed by atoms with Crippen molar-refractivity contribution in [3.63, 3.8) is 0 Å². The lowest BCUT2D eigenvalue weighted by Crippen LogP contribution is -2.49. The third-order valence-electron chi connectivity index (χ3n) is 9.63. The lowest BCUT2D eigenvalue weighted by atomic mass is 9.47. The van der Waals surface area contributed by atoms with Gasteiger partial charge in [-0.25, -0.2) is 0 Å². The Morgan fingerprint density at radius 2 is 1.49 bits per heavy atom. The number of esters is 1. The van der Waals surface area contributed by atoms with E-state index in [0.29, 0.717) is 11.2 Å². The van der Waals surface area contributed by atoms with Gasteiger partial charge in [0.2, 0.25) is 6.79 Å². The Hall–Kier alpha value is -3.11. The minimum absolute atomic E-state index is 0.0621. The lowest BCUT2D eigenvalue weighted by molar-refractivity contribution is -0.164. The molecule has 3 aromatic rings. The molecule has 0 aromatic heterocycles. The van der Waals surface area contributed by atoms with Gasteiger partial charge < -0.3 is 14.6 Å². The Balaban J connectivity index is 1.25. The second kappa shape index (κ2) is 8.73. The number of carbonyl (C=O) groups is 1. The van der Waals surface area contributed by atoms with Crippen molar-refractivity contribution in [2.75, 3.05) is 13.4 Å². The van der Waals surface area contributed by atoms with Gasteiger partial charge in [-0.1, -0.05) is 49.0 Å². The highest BCUT2D eigenvalue weighted by molar-refractivity contribution is 5.90. The summed E-state index contributed by atoms with van der Waals surface area (Å²) in [6, 6.07) is 19.6. The second-order valence-electron chi connectivity index (χ2n) is 12.0. The maximum atomic E-state index is 12.3. The van der Waals surface area contributed by atoms with E-state index >= 15 is 0 Å². The van der Waals surface area contributed by atoms with E-state index in [4.69, 9.17) is 9.47 Å². The molecule has 0 spiro atoms. The predicted octanol–water partition coefficient (Wildman–Crippen LogP) is 6.64. The number of benzene rings is 3. The highest BCUT2D eigenvalue weighted by atomic mass is 16.7. The first-order valence-corrected chi connectivity index (χ1v) is 13.8. The van der Waals surface area contributed by atoms with Crippen LogP contribution in [0.25, 0.3) is 21.9 Å². The topological polar surface area (TPSA) is 55.8 Å². The molecule has 1 aliphatic heterocycles. The van der Waals surface area contributed by atoms with E-state index in [9.17, 15) is 9.90 Å². The van der Waals surface area contributed by atoms with Gasteiger partial charge in [-0.05, 0) is 119 Å². The molecular formula is C33H34O4. The Labute approximate surface area is 218 Å². The number of cyclic esters (lactones) is 1. The summed E-state index contributed by atoms with van der Waals surface area (Å²) in [4.78, 5) is 12.3. The third kappa shape index (κ3) is 3.88. The normalized spacial score (nSPS) is 30.4. The summed E-state index contributed by atoms with van der Waals surface area (Å²) in [5.41, 5.74) is 6.42. The number of aliphatic hydroxyl groups excluding tert-OH is 1. The van der Waals surface area contributed by atoms with E-state index in [2.05, 4.69) is 49.0 Å². The molecule has 0 amide bonds. The Morgan fingerprint density at radius 3 is 2.19 bits per heavy atom. The summed E-state index contributed by atoms with van der Waals surface area (Å²) in [7, 11) is 0. The number of hydrogen-bond donors (Lipinski definition) is 1. The molecule has 3 aromatic carbocycles. The standard InChI is InChI=1S/C33H34O4/c1-20-31(32(35)37-19-36-20)29-7-6-25-13-26(4-5-27(25)14-29)28-3-2-24(8-9-34)30(15-28)33-16-21-10-22(17-33)12-23(11-21)18-33/h2-7,13-15,21-23,31,34H,1,8-12,16-19H2. The van der Waals surface area contributed by atoms with Crippen molar-refractivity contribution in [3.05, 3.63) is 83.6 Å². The molecule has 8 rings (SSSR count). The van der Waals surface area contributed by atoms with Gasteiger partial charge in [-0.3, -0.25) is 4.79 Å². The molecule has 4 saturated carbocycles. The fraction of sp³-hybridized carbons (Fsp3) is 0.424. The van der Waals surface area contributed by atoms with Crippen LogP contribution in [0.1, 0.15) is 61.1 Å². The van der Waals surface area contributed by atoms with E-state index in [1.807, 2.05) is 12.1 Å². The van der Waals surface area contributed by atoms with Gasteiger partial charge in [-0.2, -0.15) is 0 Å². The summed E-state index contributed by atoms with van der Waals surface area (Å²) < 4.78 is 10.5. The van der Waals surface area contributed by atoms with Crippen LogP contribution in [-0.4, -0.2) is 24.5 Å². The molecule has 5 aliphatic rings. The summed E-state index contributed by atoms with van der Waals surface area (Å²) in [5, 5.41) is 12.0. The predicted molar refractivity (Wildman–Crippen MR) is 144 cm³/mol. The largest absolute Gasteiger partial charge is 0.461 e. The van der Waals surface area contributed by atoms with Crippen LogP contribution in [0, 0.1) is 17.8 Å². The first-order chi connectivity index (χ1) is 18.0. The molecule has 1 saturated heterocycles. The van der Waals surface area contributed by atoms with Crippen molar-refractivity contribution in [2.24, 2.45) is 17.8 Å². The van der Waals surface area contributed by atoms with Gasteiger partial charge in [0.15, 0.2) is 0 Å². The number of aliphatic hydroxyl groups is 1.